The summed E-state index contributed by atoms with van der Waals surface area (Å²) < 4.78 is 5.64. The minimum absolute atomic E-state index is 0. The van der Waals surface area contributed by atoms with Gasteiger partial charge in [0.25, 0.3) is 5.91 Å². The van der Waals surface area contributed by atoms with Crippen LogP contribution in [0, 0.1) is 0 Å². The van der Waals surface area contributed by atoms with Crippen molar-refractivity contribution in [3.8, 4) is 5.75 Å². The summed E-state index contributed by atoms with van der Waals surface area (Å²) in [5, 5.41) is 16.0. The molecule has 2 N–H and O–H groups in total. The highest BCUT2D eigenvalue weighted by atomic mass is 35.5. The van der Waals surface area contributed by atoms with Crippen molar-refractivity contribution < 1.29 is 9.53 Å². The molecule has 1 aliphatic rings. The second-order valence-corrected chi connectivity index (χ2v) is 8.08. The lowest BCUT2D eigenvalue weighted by atomic mass is 9.98. The van der Waals surface area contributed by atoms with Crippen LogP contribution in [0.25, 0.3) is 0 Å². The lowest BCUT2D eigenvalue weighted by Crippen LogP contribution is -2.24. The fourth-order valence-corrected chi connectivity index (χ4v) is 4.06. The van der Waals surface area contributed by atoms with Crippen LogP contribution in [-0.2, 0) is 19.6 Å². The summed E-state index contributed by atoms with van der Waals surface area (Å²) in [5.74, 6) is 0.189. The van der Waals surface area contributed by atoms with Crippen molar-refractivity contribution in [3.05, 3.63) is 68.1 Å². The quantitative estimate of drug-likeness (QED) is 0.562. The number of para-hydroxylation sites is 1. The predicted molar refractivity (Wildman–Crippen MR) is 118 cm³/mol. The Balaban J connectivity index is 0.00000240. The number of hydrogen-bond acceptors (Lipinski definition) is 6. The molecule has 0 unspecified atom stereocenters. The Morgan fingerprint density at radius 1 is 1.17 bits per heavy atom. The van der Waals surface area contributed by atoms with Gasteiger partial charge in [0.2, 0.25) is 5.13 Å². The van der Waals surface area contributed by atoms with Crippen LogP contribution in [0.1, 0.15) is 26.5 Å². The standard InChI is InChI=1S/C19H16Cl2N4O2S.ClH/c20-14-2-1-3-15(21)17(14)27-10-16-24-25-19(28-16)23-18(26)12-4-5-13-9-22-7-6-11(13)8-12;/h1-5,8,22H,6-7,9-10H2,(H,23,25,26);1H. The van der Waals surface area contributed by atoms with E-state index in [1.165, 1.54) is 22.5 Å². The Labute approximate surface area is 188 Å². The second kappa shape index (κ2) is 9.73. The van der Waals surface area contributed by atoms with Crippen molar-refractivity contribution >= 4 is 58.0 Å². The van der Waals surface area contributed by atoms with Crippen LogP contribution < -0.4 is 15.4 Å². The van der Waals surface area contributed by atoms with Gasteiger partial charge in [-0.2, -0.15) is 0 Å². The number of carbonyl (C=O) groups is 1. The highest BCUT2D eigenvalue weighted by molar-refractivity contribution is 7.15. The van der Waals surface area contributed by atoms with E-state index in [0.29, 0.717) is 31.5 Å². The van der Waals surface area contributed by atoms with E-state index in [9.17, 15) is 4.79 Å². The number of ether oxygens (including phenoxy) is 1. The van der Waals surface area contributed by atoms with E-state index in [4.69, 9.17) is 27.9 Å². The van der Waals surface area contributed by atoms with Crippen LogP contribution in [-0.4, -0.2) is 22.6 Å². The van der Waals surface area contributed by atoms with Crippen molar-refractivity contribution in [2.45, 2.75) is 19.6 Å². The highest BCUT2D eigenvalue weighted by Crippen LogP contribution is 2.33. The summed E-state index contributed by atoms with van der Waals surface area (Å²) in [5.41, 5.74) is 3.04. The number of carbonyl (C=O) groups excluding carboxylic acids is 1. The van der Waals surface area contributed by atoms with Crippen molar-refractivity contribution in [2.24, 2.45) is 0 Å². The van der Waals surface area contributed by atoms with Crippen LogP contribution in [0.15, 0.2) is 36.4 Å². The number of nitrogens with zero attached hydrogens (tertiary/aromatic N) is 2. The molecule has 3 aromatic rings. The minimum atomic E-state index is -0.209. The molecule has 0 bridgehead atoms. The molecule has 0 fully saturated rings. The Bertz CT molecular complexity index is 1010. The van der Waals surface area contributed by atoms with Crippen LogP contribution in [0.5, 0.6) is 5.75 Å². The van der Waals surface area contributed by atoms with E-state index in [1.807, 2.05) is 18.2 Å². The third kappa shape index (κ3) is 5.18. The molecule has 2 aromatic carbocycles. The molecule has 10 heteroatoms. The number of halogens is 3. The maximum Gasteiger partial charge on any atom is 0.257 e. The maximum atomic E-state index is 12.5. The number of amides is 1. The summed E-state index contributed by atoms with van der Waals surface area (Å²) in [4.78, 5) is 12.5. The van der Waals surface area contributed by atoms with Gasteiger partial charge in [0.1, 0.15) is 6.61 Å². The summed E-state index contributed by atoms with van der Waals surface area (Å²) >= 11 is 13.4. The van der Waals surface area contributed by atoms with Gasteiger partial charge in [-0.05, 0) is 48.4 Å². The first-order valence-corrected chi connectivity index (χ1v) is 10.2. The van der Waals surface area contributed by atoms with E-state index in [2.05, 4.69) is 20.8 Å². The fourth-order valence-electron chi connectivity index (χ4n) is 2.90. The van der Waals surface area contributed by atoms with Crippen LogP contribution in [0.4, 0.5) is 5.13 Å². The third-order valence-corrected chi connectivity index (χ3v) is 5.71. The Morgan fingerprint density at radius 3 is 2.76 bits per heavy atom. The van der Waals surface area contributed by atoms with Gasteiger partial charge in [-0.15, -0.1) is 22.6 Å². The molecule has 0 radical (unpaired) electrons. The lowest BCUT2D eigenvalue weighted by Gasteiger charge is -2.17. The molecule has 0 saturated heterocycles. The molecule has 0 spiro atoms. The van der Waals surface area contributed by atoms with E-state index in [0.717, 1.165) is 19.5 Å². The molecule has 4 rings (SSSR count). The van der Waals surface area contributed by atoms with Crippen molar-refractivity contribution in [3.63, 3.8) is 0 Å². The molecule has 0 aliphatic carbocycles. The number of rotatable bonds is 5. The second-order valence-electron chi connectivity index (χ2n) is 6.20. The number of anilines is 1. The average molecular weight is 472 g/mol. The fraction of sp³-hybridized carbons (Fsp3) is 0.211. The molecule has 2 heterocycles. The molecule has 6 nitrogen and oxygen atoms in total. The van der Waals surface area contributed by atoms with Crippen molar-refractivity contribution in [1.82, 2.24) is 15.5 Å². The zero-order chi connectivity index (χ0) is 19.5. The van der Waals surface area contributed by atoms with Gasteiger partial charge in [0, 0.05) is 12.1 Å². The van der Waals surface area contributed by atoms with Gasteiger partial charge in [-0.25, -0.2) is 0 Å². The Kier molecular flexibility index (Phi) is 7.32. The molecule has 0 saturated carbocycles. The molecular formula is C19H17Cl3N4O2S. The zero-order valence-electron chi connectivity index (χ0n) is 15.1. The van der Waals surface area contributed by atoms with Gasteiger partial charge < -0.3 is 10.1 Å². The molecule has 1 amide bonds. The molecular weight excluding hydrogens is 455 g/mol. The van der Waals surface area contributed by atoms with E-state index >= 15 is 0 Å². The number of hydrogen-bond donors (Lipinski definition) is 2. The number of fused-ring (bicyclic) bond motifs is 1. The van der Waals surface area contributed by atoms with Crippen molar-refractivity contribution in [1.29, 1.82) is 0 Å². The van der Waals surface area contributed by atoms with Crippen LogP contribution >= 0.6 is 46.9 Å². The molecule has 29 heavy (non-hydrogen) atoms. The predicted octanol–water partition coefficient (Wildman–Crippen LogP) is 4.74. The highest BCUT2D eigenvalue weighted by Gasteiger charge is 2.15. The van der Waals surface area contributed by atoms with Gasteiger partial charge in [0.15, 0.2) is 10.8 Å². The first kappa shape index (κ1) is 21.8. The summed E-state index contributed by atoms with van der Waals surface area (Å²) in [6.07, 6.45) is 0.918. The monoisotopic (exact) mass is 470 g/mol. The third-order valence-electron chi connectivity index (χ3n) is 4.30. The van der Waals surface area contributed by atoms with E-state index in [-0.39, 0.29) is 24.9 Å². The smallest absolute Gasteiger partial charge is 0.257 e. The minimum Gasteiger partial charge on any atom is -0.483 e. The average Bonchev–Trinajstić information content (AvgIpc) is 3.14. The number of benzene rings is 2. The van der Waals surface area contributed by atoms with Gasteiger partial charge in [-0.3, -0.25) is 10.1 Å². The van der Waals surface area contributed by atoms with Crippen LogP contribution in [0.2, 0.25) is 10.0 Å². The maximum absolute atomic E-state index is 12.5. The SMILES string of the molecule is Cl.O=C(Nc1nnc(COc2c(Cl)cccc2Cl)s1)c1ccc2c(c1)CCNC2. The van der Waals surface area contributed by atoms with E-state index in [1.54, 1.807) is 18.2 Å². The molecule has 1 aromatic heterocycles. The van der Waals surface area contributed by atoms with E-state index < -0.39 is 0 Å². The lowest BCUT2D eigenvalue weighted by molar-refractivity contribution is 0.102. The van der Waals surface area contributed by atoms with Crippen LogP contribution in [0.3, 0.4) is 0 Å². The molecule has 152 valence electrons. The van der Waals surface area contributed by atoms with Crippen molar-refractivity contribution in [2.75, 3.05) is 11.9 Å². The topological polar surface area (TPSA) is 76.1 Å². The van der Waals surface area contributed by atoms with Gasteiger partial charge >= 0.3 is 0 Å². The largest absolute Gasteiger partial charge is 0.483 e. The summed E-state index contributed by atoms with van der Waals surface area (Å²) in [6, 6.07) is 10.9. The number of aromatic nitrogens is 2. The first-order chi connectivity index (χ1) is 13.6. The summed E-state index contributed by atoms with van der Waals surface area (Å²) in [6.45, 7) is 1.92. The van der Waals surface area contributed by atoms with Gasteiger partial charge in [0.05, 0.1) is 10.0 Å². The van der Waals surface area contributed by atoms with Gasteiger partial charge in [-0.1, -0.05) is 46.7 Å². The zero-order valence-corrected chi connectivity index (χ0v) is 18.2. The Hall–Kier alpha value is -1.90. The molecule has 1 aliphatic heterocycles. The summed E-state index contributed by atoms with van der Waals surface area (Å²) in [7, 11) is 0. The Morgan fingerprint density at radius 2 is 1.97 bits per heavy atom. The normalized spacial score (nSPS) is 12.6. The first-order valence-electron chi connectivity index (χ1n) is 8.63. The molecule has 0 atom stereocenters. The number of nitrogens with one attached hydrogen (secondary N) is 2.